The molecule has 26 heavy (non-hydrogen) atoms. The highest BCUT2D eigenvalue weighted by Gasteiger charge is 2.47. The standard InChI is InChI=1S/C19H24N4O3/c1-19(2,3)26-18(24)23-11-12-9-13(23)10-22(12)15-7-8-20-14-5-6-16(25-4)21-17(14)15/h5-8,12-13H,9-11H2,1-4H3/t12-,13-/m0/s1. The SMILES string of the molecule is COc1ccc2nccc(N3C[C@@H]4C[C@H]3CN4C(=O)OC(C)(C)C)c2n1. The molecule has 7 heteroatoms. The van der Waals surface area contributed by atoms with Gasteiger partial charge in [0.1, 0.15) is 11.1 Å². The Morgan fingerprint density at radius 3 is 2.65 bits per heavy atom. The second kappa shape index (κ2) is 6.00. The number of anilines is 1. The third kappa shape index (κ3) is 2.91. The number of aromatic nitrogens is 2. The zero-order valence-electron chi connectivity index (χ0n) is 15.6. The van der Waals surface area contributed by atoms with Crippen LogP contribution in [0.25, 0.3) is 11.0 Å². The summed E-state index contributed by atoms with van der Waals surface area (Å²) in [6.45, 7) is 7.14. The van der Waals surface area contributed by atoms with Gasteiger partial charge in [-0.15, -0.1) is 0 Å². The molecule has 0 spiro atoms. The topological polar surface area (TPSA) is 67.8 Å². The molecule has 4 rings (SSSR count). The highest BCUT2D eigenvalue weighted by atomic mass is 16.6. The number of carbonyl (C=O) groups is 1. The van der Waals surface area contributed by atoms with Crippen molar-refractivity contribution < 1.29 is 14.3 Å². The van der Waals surface area contributed by atoms with E-state index in [9.17, 15) is 4.79 Å². The fourth-order valence-electron chi connectivity index (χ4n) is 3.85. The largest absolute Gasteiger partial charge is 0.481 e. The third-order valence-electron chi connectivity index (χ3n) is 4.92. The number of pyridine rings is 2. The van der Waals surface area contributed by atoms with E-state index in [1.165, 1.54) is 0 Å². The molecule has 0 radical (unpaired) electrons. The molecule has 2 aromatic heterocycles. The Labute approximate surface area is 152 Å². The molecule has 2 aliphatic rings. The lowest BCUT2D eigenvalue weighted by Crippen LogP contribution is -2.50. The molecule has 0 aliphatic carbocycles. The molecule has 0 N–H and O–H groups in total. The number of ether oxygens (including phenoxy) is 2. The van der Waals surface area contributed by atoms with E-state index < -0.39 is 5.60 Å². The molecule has 2 aromatic rings. The lowest BCUT2D eigenvalue weighted by molar-refractivity contribution is 0.0215. The van der Waals surface area contributed by atoms with E-state index in [0.717, 1.165) is 29.7 Å². The predicted molar refractivity (Wildman–Crippen MR) is 98.6 cm³/mol. The van der Waals surface area contributed by atoms with Crippen LogP contribution in [-0.2, 0) is 4.74 Å². The minimum Gasteiger partial charge on any atom is -0.481 e. The molecular formula is C19H24N4O3. The summed E-state index contributed by atoms with van der Waals surface area (Å²) in [4.78, 5) is 25.6. The number of hydrogen-bond donors (Lipinski definition) is 0. The van der Waals surface area contributed by atoms with Crippen molar-refractivity contribution >= 4 is 22.8 Å². The van der Waals surface area contributed by atoms with Gasteiger partial charge in [-0.25, -0.2) is 9.78 Å². The number of nitrogens with zero attached hydrogens (tertiary/aromatic N) is 4. The zero-order chi connectivity index (χ0) is 18.5. The van der Waals surface area contributed by atoms with Crippen molar-refractivity contribution in [3.05, 3.63) is 24.4 Å². The van der Waals surface area contributed by atoms with Crippen LogP contribution in [0.2, 0.25) is 0 Å². The summed E-state index contributed by atoms with van der Waals surface area (Å²) < 4.78 is 10.8. The van der Waals surface area contributed by atoms with Crippen LogP contribution in [0.5, 0.6) is 5.88 Å². The van der Waals surface area contributed by atoms with Crippen molar-refractivity contribution in [3.8, 4) is 5.88 Å². The molecule has 7 nitrogen and oxygen atoms in total. The Morgan fingerprint density at radius 1 is 1.19 bits per heavy atom. The van der Waals surface area contributed by atoms with E-state index in [1.807, 2.05) is 50.1 Å². The van der Waals surface area contributed by atoms with Gasteiger partial charge in [-0.2, -0.15) is 0 Å². The van der Waals surface area contributed by atoms with Gasteiger partial charge >= 0.3 is 6.09 Å². The zero-order valence-corrected chi connectivity index (χ0v) is 15.6. The molecule has 0 saturated carbocycles. The van der Waals surface area contributed by atoms with E-state index in [1.54, 1.807) is 7.11 Å². The Kier molecular flexibility index (Phi) is 3.89. The lowest BCUT2D eigenvalue weighted by Gasteiger charge is -2.36. The summed E-state index contributed by atoms with van der Waals surface area (Å²) >= 11 is 0. The summed E-state index contributed by atoms with van der Waals surface area (Å²) in [5.41, 5.74) is 2.25. The number of hydrogen-bond acceptors (Lipinski definition) is 6. The molecule has 4 heterocycles. The smallest absolute Gasteiger partial charge is 0.410 e. The minimum absolute atomic E-state index is 0.170. The maximum atomic E-state index is 12.4. The first-order chi connectivity index (χ1) is 12.4. The van der Waals surface area contributed by atoms with Gasteiger partial charge in [0.05, 0.1) is 24.4 Å². The third-order valence-corrected chi connectivity index (χ3v) is 4.92. The summed E-state index contributed by atoms with van der Waals surface area (Å²) in [5.74, 6) is 0.575. The molecule has 2 atom stereocenters. The highest BCUT2D eigenvalue weighted by Crippen LogP contribution is 2.37. The maximum absolute atomic E-state index is 12.4. The van der Waals surface area contributed by atoms with E-state index in [4.69, 9.17) is 9.47 Å². The molecular weight excluding hydrogens is 332 g/mol. The van der Waals surface area contributed by atoms with E-state index in [-0.39, 0.29) is 18.2 Å². The van der Waals surface area contributed by atoms with Crippen molar-refractivity contribution in [1.29, 1.82) is 0 Å². The van der Waals surface area contributed by atoms with E-state index >= 15 is 0 Å². The lowest BCUT2D eigenvalue weighted by atomic mass is 10.2. The summed E-state index contributed by atoms with van der Waals surface area (Å²) in [6.07, 6.45) is 2.54. The molecule has 2 saturated heterocycles. The van der Waals surface area contributed by atoms with Crippen LogP contribution >= 0.6 is 0 Å². The first-order valence-electron chi connectivity index (χ1n) is 8.92. The number of rotatable bonds is 2. The van der Waals surface area contributed by atoms with Crippen LogP contribution in [0.15, 0.2) is 24.4 Å². The summed E-state index contributed by atoms with van der Waals surface area (Å²) in [7, 11) is 1.61. The van der Waals surface area contributed by atoms with Crippen LogP contribution in [0.3, 0.4) is 0 Å². The van der Waals surface area contributed by atoms with Crippen molar-refractivity contribution in [2.45, 2.75) is 44.9 Å². The van der Waals surface area contributed by atoms with Crippen LogP contribution in [0.4, 0.5) is 10.5 Å². The summed E-state index contributed by atoms with van der Waals surface area (Å²) in [6, 6.07) is 6.17. The van der Waals surface area contributed by atoms with Crippen molar-refractivity contribution in [2.75, 3.05) is 25.1 Å². The average Bonchev–Trinajstić information content (AvgIpc) is 3.20. The Morgan fingerprint density at radius 2 is 2.00 bits per heavy atom. The summed E-state index contributed by atoms with van der Waals surface area (Å²) in [5, 5.41) is 0. The van der Waals surface area contributed by atoms with E-state index in [2.05, 4.69) is 14.9 Å². The van der Waals surface area contributed by atoms with Gasteiger partial charge in [-0.3, -0.25) is 4.98 Å². The highest BCUT2D eigenvalue weighted by molar-refractivity contribution is 5.88. The van der Waals surface area contributed by atoms with Gasteiger partial charge in [0, 0.05) is 31.4 Å². The first kappa shape index (κ1) is 16.9. The Hall–Kier alpha value is -2.57. The average molecular weight is 356 g/mol. The fraction of sp³-hybridized carbons (Fsp3) is 0.526. The minimum atomic E-state index is -0.472. The van der Waals surface area contributed by atoms with Crippen molar-refractivity contribution in [3.63, 3.8) is 0 Å². The van der Waals surface area contributed by atoms with Gasteiger partial charge in [0.25, 0.3) is 0 Å². The molecule has 0 unspecified atom stereocenters. The Bertz CT molecular complexity index is 848. The molecule has 1 amide bonds. The van der Waals surface area contributed by atoms with Gasteiger partial charge in [0.2, 0.25) is 5.88 Å². The van der Waals surface area contributed by atoms with Crippen LogP contribution in [0, 0.1) is 0 Å². The molecule has 2 aliphatic heterocycles. The molecule has 2 fully saturated rings. The number of piperazine rings is 1. The number of fused-ring (bicyclic) bond motifs is 3. The normalized spacial score (nSPS) is 22.2. The number of methoxy groups -OCH3 is 1. The fourth-order valence-corrected chi connectivity index (χ4v) is 3.85. The second-order valence-corrected chi connectivity index (χ2v) is 7.88. The number of amides is 1. The van der Waals surface area contributed by atoms with Gasteiger partial charge in [-0.05, 0) is 39.3 Å². The Balaban J connectivity index is 1.58. The monoisotopic (exact) mass is 356 g/mol. The molecule has 2 bridgehead atoms. The number of likely N-dealkylation sites (tertiary alicyclic amines) is 1. The molecule has 0 aromatic carbocycles. The van der Waals surface area contributed by atoms with E-state index in [0.29, 0.717) is 12.4 Å². The van der Waals surface area contributed by atoms with Gasteiger partial charge in [-0.1, -0.05) is 0 Å². The van der Waals surface area contributed by atoms with Crippen LogP contribution in [0.1, 0.15) is 27.2 Å². The second-order valence-electron chi connectivity index (χ2n) is 7.88. The first-order valence-corrected chi connectivity index (χ1v) is 8.92. The quantitative estimate of drug-likeness (QED) is 0.824. The van der Waals surface area contributed by atoms with Gasteiger partial charge in [0.15, 0.2) is 0 Å². The van der Waals surface area contributed by atoms with Crippen LogP contribution in [-0.4, -0.2) is 58.8 Å². The van der Waals surface area contributed by atoms with Crippen molar-refractivity contribution in [1.82, 2.24) is 14.9 Å². The molecule has 138 valence electrons. The maximum Gasteiger partial charge on any atom is 0.410 e. The number of carbonyl (C=O) groups excluding carboxylic acids is 1. The van der Waals surface area contributed by atoms with Crippen LogP contribution < -0.4 is 9.64 Å². The van der Waals surface area contributed by atoms with Crippen molar-refractivity contribution in [2.24, 2.45) is 0 Å². The predicted octanol–water partition coefficient (Wildman–Crippen LogP) is 2.84. The van der Waals surface area contributed by atoms with Gasteiger partial charge < -0.3 is 19.3 Å².